The van der Waals surface area contributed by atoms with Crippen molar-refractivity contribution in [2.75, 3.05) is 7.11 Å². The average molecular weight is 278 g/mol. The van der Waals surface area contributed by atoms with Gasteiger partial charge in [-0.3, -0.25) is 0 Å². The SMILES string of the molecule is COc1cc(C2(O)CC2)c(Cl)cc1Br. The minimum atomic E-state index is -0.717. The Kier molecular flexibility index (Phi) is 2.50. The van der Waals surface area contributed by atoms with Gasteiger partial charge in [-0.2, -0.15) is 0 Å². The van der Waals surface area contributed by atoms with Gasteiger partial charge in [-0.1, -0.05) is 11.6 Å². The number of benzene rings is 1. The van der Waals surface area contributed by atoms with Crippen LogP contribution in [0.1, 0.15) is 18.4 Å². The van der Waals surface area contributed by atoms with Gasteiger partial charge in [0.25, 0.3) is 0 Å². The molecule has 0 spiro atoms. The van der Waals surface area contributed by atoms with Crippen molar-refractivity contribution in [1.29, 1.82) is 0 Å². The second-order valence-corrected chi connectivity index (χ2v) is 4.76. The summed E-state index contributed by atoms with van der Waals surface area (Å²) in [7, 11) is 1.59. The topological polar surface area (TPSA) is 29.5 Å². The van der Waals surface area contributed by atoms with Gasteiger partial charge in [-0.25, -0.2) is 0 Å². The highest BCUT2D eigenvalue weighted by Gasteiger charge is 2.44. The molecule has 0 atom stereocenters. The highest BCUT2D eigenvalue weighted by atomic mass is 79.9. The molecule has 0 aliphatic heterocycles. The molecule has 0 saturated heterocycles. The summed E-state index contributed by atoms with van der Waals surface area (Å²) in [6.45, 7) is 0. The summed E-state index contributed by atoms with van der Waals surface area (Å²) in [5.74, 6) is 0.699. The molecule has 1 aliphatic rings. The standard InChI is InChI=1S/C10H10BrClO2/c1-14-9-4-6(10(13)2-3-10)8(12)5-7(9)11/h4-5,13H,2-3H2,1H3. The van der Waals surface area contributed by atoms with Crippen molar-refractivity contribution in [3.63, 3.8) is 0 Å². The van der Waals surface area contributed by atoms with Crippen LogP contribution in [0.2, 0.25) is 5.02 Å². The summed E-state index contributed by atoms with van der Waals surface area (Å²) in [5.41, 5.74) is 0.0460. The number of ether oxygens (including phenoxy) is 1. The molecule has 0 radical (unpaired) electrons. The molecule has 0 aromatic heterocycles. The maximum Gasteiger partial charge on any atom is 0.133 e. The number of hydrogen-bond donors (Lipinski definition) is 1. The third-order valence-corrected chi connectivity index (χ3v) is 3.40. The lowest BCUT2D eigenvalue weighted by Crippen LogP contribution is -2.05. The third kappa shape index (κ3) is 1.64. The lowest BCUT2D eigenvalue weighted by atomic mass is 10.1. The molecule has 4 heteroatoms. The van der Waals surface area contributed by atoms with E-state index in [-0.39, 0.29) is 0 Å². The van der Waals surface area contributed by atoms with Crippen molar-refractivity contribution < 1.29 is 9.84 Å². The normalized spacial score (nSPS) is 18.0. The average Bonchev–Trinajstić information content (AvgIpc) is 2.85. The second kappa shape index (κ2) is 3.40. The molecular formula is C10H10BrClO2. The maximum atomic E-state index is 9.94. The Labute approximate surface area is 96.0 Å². The fourth-order valence-electron chi connectivity index (χ4n) is 1.43. The van der Waals surface area contributed by atoms with Crippen LogP contribution in [-0.2, 0) is 5.60 Å². The zero-order valence-corrected chi connectivity index (χ0v) is 10.0. The van der Waals surface area contributed by atoms with E-state index in [1.807, 2.05) is 0 Å². The molecule has 2 nitrogen and oxygen atoms in total. The molecular weight excluding hydrogens is 267 g/mol. The summed E-state index contributed by atoms with van der Waals surface area (Å²) < 4.78 is 5.95. The van der Waals surface area contributed by atoms with Crippen molar-refractivity contribution in [2.24, 2.45) is 0 Å². The molecule has 0 unspecified atom stereocenters. The fraction of sp³-hybridized carbons (Fsp3) is 0.400. The summed E-state index contributed by atoms with van der Waals surface area (Å²) in [5, 5.41) is 10.5. The highest BCUT2D eigenvalue weighted by Crippen LogP contribution is 2.49. The quantitative estimate of drug-likeness (QED) is 0.900. The van der Waals surface area contributed by atoms with Gasteiger partial charge in [0.05, 0.1) is 17.2 Å². The Morgan fingerprint density at radius 2 is 2.14 bits per heavy atom. The Morgan fingerprint density at radius 3 is 2.64 bits per heavy atom. The van der Waals surface area contributed by atoms with Crippen LogP contribution < -0.4 is 4.74 Å². The predicted molar refractivity (Wildman–Crippen MR) is 58.8 cm³/mol. The van der Waals surface area contributed by atoms with Gasteiger partial charge in [-0.15, -0.1) is 0 Å². The van der Waals surface area contributed by atoms with Crippen molar-refractivity contribution in [1.82, 2.24) is 0 Å². The van der Waals surface area contributed by atoms with E-state index >= 15 is 0 Å². The van der Waals surface area contributed by atoms with Gasteiger partial charge in [0.2, 0.25) is 0 Å². The molecule has 0 bridgehead atoms. The van der Waals surface area contributed by atoms with Gasteiger partial charge >= 0.3 is 0 Å². The van der Waals surface area contributed by atoms with Crippen molar-refractivity contribution >= 4 is 27.5 Å². The van der Waals surface area contributed by atoms with Crippen molar-refractivity contribution in [3.05, 3.63) is 27.2 Å². The smallest absolute Gasteiger partial charge is 0.133 e. The number of methoxy groups -OCH3 is 1. The first kappa shape index (κ1) is 10.3. The maximum absolute atomic E-state index is 9.94. The van der Waals surface area contributed by atoms with E-state index in [0.29, 0.717) is 10.8 Å². The van der Waals surface area contributed by atoms with Crippen molar-refractivity contribution in [2.45, 2.75) is 18.4 Å². The van der Waals surface area contributed by atoms with Gasteiger partial charge in [0.1, 0.15) is 5.75 Å². The zero-order valence-electron chi connectivity index (χ0n) is 7.68. The summed E-state index contributed by atoms with van der Waals surface area (Å²) in [4.78, 5) is 0. The van der Waals surface area contributed by atoms with E-state index in [0.717, 1.165) is 22.9 Å². The first-order valence-electron chi connectivity index (χ1n) is 4.33. The first-order chi connectivity index (χ1) is 6.57. The summed E-state index contributed by atoms with van der Waals surface area (Å²) >= 11 is 9.38. The van der Waals surface area contributed by atoms with E-state index < -0.39 is 5.60 Å². The van der Waals surface area contributed by atoms with E-state index in [1.165, 1.54) is 0 Å². The van der Waals surface area contributed by atoms with Crippen LogP contribution in [0.5, 0.6) is 5.75 Å². The van der Waals surface area contributed by atoms with E-state index in [2.05, 4.69) is 15.9 Å². The number of hydrogen-bond acceptors (Lipinski definition) is 2. The fourth-order valence-corrected chi connectivity index (χ4v) is 2.41. The molecule has 1 saturated carbocycles. The van der Waals surface area contributed by atoms with E-state index in [4.69, 9.17) is 16.3 Å². The summed E-state index contributed by atoms with van der Waals surface area (Å²) in [6.07, 6.45) is 1.55. The van der Waals surface area contributed by atoms with Crippen LogP contribution >= 0.6 is 27.5 Å². The van der Waals surface area contributed by atoms with Gasteiger partial charge < -0.3 is 9.84 Å². The number of aliphatic hydroxyl groups is 1. The van der Waals surface area contributed by atoms with Gasteiger partial charge in [-0.05, 0) is 40.9 Å². The van der Waals surface area contributed by atoms with Crippen LogP contribution in [0.25, 0.3) is 0 Å². The highest BCUT2D eigenvalue weighted by molar-refractivity contribution is 9.10. The minimum absolute atomic E-state index is 0.581. The molecule has 14 heavy (non-hydrogen) atoms. The zero-order chi connectivity index (χ0) is 10.3. The largest absolute Gasteiger partial charge is 0.496 e. The molecule has 0 amide bonds. The Balaban J connectivity index is 2.50. The van der Waals surface area contributed by atoms with Crippen LogP contribution in [-0.4, -0.2) is 12.2 Å². The van der Waals surface area contributed by atoms with Crippen LogP contribution in [0.3, 0.4) is 0 Å². The molecule has 2 rings (SSSR count). The molecule has 1 N–H and O–H groups in total. The lowest BCUT2D eigenvalue weighted by molar-refractivity contribution is 0.151. The molecule has 1 aromatic carbocycles. The Morgan fingerprint density at radius 1 is 1.50 bits per heavy atom. The van der Waals surface area contributed by atoms with E-state index in [9.17, 15) is 5.11 Å². The number of rotatable bonds is 2. The minimum Gasteiger partial charge on any atom is -0.496 e. The Hall–Kier alpha value is -0.250. The first-order valence-corrected chi connectivity index (χ1v) is 5.50. The lowest BCUT2D eigenvalue weighted by Gasteiger charge is -2.13. The molecule has 1 fully saturated rings. The summed E-state index contributed by atoms with van der Waals surface area (Å²) in [6, 6.07) is 3.55. The molecule has 1 aromatic rings. The molecule has 1 aliphatic carbocycles. The number of halogens is 2. The third-order valence-electron chi connectivity index (χ3n) is 2.47. The van der Waals surface area contributed by atoms with E-state index in [1.54, 1.807) is 19.2 Å². The van der Waals surface area contributed by atoms with Crippen LogP contribution in [0.4, 0.5) is 0 Å². The predicted octanol–water partition coefficient (Wildman–Crippen LogP) is 3.09. The van der Waals surface area contributed by atoms with Crippen LogP contribution in [0.15, 0.2) is 16.6 Å². The molecule has 76 valence electrons. The Bertz CT molecular complexity index is 375. The second-order valence-electron chi connectivity index (χ2n) is 3.50. The van der Waals surface area contributed by atoms with Crippen molar-refractivity contribution in [3.8, 4) is 5.75 Å². The van der Waals surface area contributed by atoms with Gasteiger partial charge in [0.15, 0.2) is 0 Å². The monoisotopic (exact) mass is 276 g/mol. The van der Waals surface area contributed by atoms with Crippen LogP contribution in [0, 0.1) is 0 Å². The molecule has 0 heterocycles. The van der Waals surface area contributed by atoms with Gasteiger partial charge in [0, 0.05) is 10.6 Å².